The van der Waals surface area contributed by atoms with Crippen molar-refractivity contribution in [3.8, 4) is 0 Å². The molecule has 0 amide bonds. The van der Waals surface area contributed by atoms with Gasteiger partial charge in [0.1, 0.15) is 0 Å². The lowest BCUT2D eigenvalue weighted by molar-refractivity contribution is 0.252. The fourth-order valence-corrected chi connectivity index (χ4v) is 5.40. The van der Waals surface area contributed by atoms with Crippen LogP contribution in [0.25, 0.3) is 10.9 Å². The largest absolute Gasteiger partial charge is 0.330 e. The topological polar surface area (TPSA) is 81.2 Å². The average Bonchev–Trinajstić information content (AvgIpc) is 3.19. The van der Waals surface area contributed by atoms with E-state index in [1.807, 2.05) is 24.3 Å². The number of benzene rings is 2. The van der Waals surface area contributed by atoms with Crippen molar-refractivity contribution in [2.45, 2.75) is 30.8 Å². The van der Waals surface area contributed by atoms with Crippen LogP contribution in [0.5, 0.6) is 0 Å². The molecule has 8 heteroatoms. The van der Waals surface area contributed by atoms with Gasteiger partial charge in [-0.25, -0.2) is 17.4 Å². The van der Waals surface area contributed by atoms with Gasteiger partial charge >= 0.3 is 0 Å². The van der Waals surface area contributed by atoms with Crippen LogP contribution >= 0.6 is 0 Å². The summed E-state index contributed by atoms with van der Waals surface area (Å²) in [6.45, 7) is 2.40. The summed E-state index contributed by atoms with van der Waals surface area (Å²) >= 11 is 0. The molecule has 0 bridgehead atoms. The molecule has 0 radical (unpaired) electrons. The predicted octanol–water partition coefficient (Wildman–Crippen LogP) is 4.15. The standard InChI is InChI=1S/C25H27FN4O2S/c26-25-16-20(12-14-28-25)17-29(15-7-6-13-27)18-21-19-30(24-11-5-4-10-23(21)24)33(31,32)22-8-2-1-3-9-22/h1-5,8-12,14,16,19H,6-7,13,15,17-18,27H2. The molecule has 0 fully saturated rings. The van der Waals surface area contributed by atoms with Crippen LogP contribution in [-0.2, 0) is 23.1 Å². The van der Waals surface area contributed by atoms with Crippen molar-refractivity contribution in [1.82, 2.24) is 13.9 Å². The third kappa shape index (κ3) is 5.30. The molecule has 0 saturated carbocycles. The summed E-state index contributed by atoms with van der Waals surface area (Å²) in [6, 6.07) is 19.1. The molecule has 4 aromatic rings. The number of halogens is 1. The number of hydrogen-bond acceptors (Lipinski definition) is 5. The van der Waals surface area contributed by atoms with E-state index >= 15 is 0 Å². The van der Waals surface area contributed by atoms with Gasteiger partial charge in [0.15, 0.2) is 0 Å². The molecule has 2 N–H and O–H groups in total. The molecule has 6 nitrogen and oxygen atoms in total. The first-order valence-electron chi connectivity index (χ1n) is 10.9. The lowest BCUT2D eigenvalue weighted by atomic mass is 10.1. The van der Waals surface area contributed by atoms with Gasteiger partial charge in [-0.05, 0) is 67.4 Å². The van der Waals surface area contributed by atoms with Gasteiger partial charge in [-0.1, -0.05) is 36.4 Å². The summed E-state index contributed by atoms with van der Waals surface area (Å²) in [5.41, 5.74) is 8.02. The molecule has 2 aromatic heterocycles. The zero-order valence-electron chi connectivity index (χ0n) is 18.3. The lowest BCUT2D eigenvalue weighted by Crippen LogP contribution is -2.24. The van der Waals surface area contributed by atoms with Crippen LogP contribution < -0.4 is 5.73 Å². The monoisotopic (exact) mass is 466 g/mol. The molecular formula is C25H27FN4O2S. The number of rotatable bonds is 10. The van der Waals surface area contributed by atoms with Crippen molar-refractivity contribution in [3.05, 3.63) is 96.2 Å². The zero-order valence-corrected chi connectivity index (χ0v) is 19.1. The second-order valence-electron chi connectivity index (χ2n) is 7.98. The Morgan fingerprint density at radius 3 is 2.48 bits per heavy atom. The van der Waals surface area contributed by atoms with Crippen LogP contribution in [0.3, 0.4) is 0 Å². The van der Waals surface area contributed by atoms with Crippen LogP contribution in [0, 0.1) is 5.95 Å². The van der Waals surface area contributed by atoms with Crippen LogP contribution in [-0.4, -0.2) is 35.4 Å². The minimum atomic E-state index is -3.74. The van der Waals surface area contributed by atoms with Crippen LogP contribution in [0.15, 0.2) is 84.0 Å². The van der Waals surface area contributed by atoms with Crippen molar-refractivity contribution in [2.24, 2.45) is 5.73 Å². The van der Waals surface area contributed by atoms with Gasteiger partial charge in [-0.15, -0.1) is 0 Å². The van der Waals surface area contributed by atoms with Gasteiger partial charge in [0.25, 0.3) is 10.0 Å². The first kappa shape index (κ1) is 23.1. The SMILES string of the molecule is NCCCCN(Cc1ccnc(F)c1)Cc1cn(S(=O)(=O)c2ccccc2)c2ccccc12. The smallest absolute Gasteiger partial charge is 0.268 e. The van der Waals surface area contributed by atoms with E-state index in [0.717, 1.165) is 35.9 Å². The van der Waals surface area contributed by atoms with E-state index in [-0.39, 0.29) is 4.90 Å². The second-order valence-corrected chi connectivity index (χ2v) is 9.79. The minimum absolute atomic E-state index is 0.240. The zero-order chi connectivity index (χ0) is 23.3. The van der Waals surface area contributed by atoms with E-state index < -0.39 is 16.0 Å². The van der Waals surface area contributed by atoms with Crippen molar-refractivity contribution in [2.75, 3.05) is 13.1 Å². The summed E-state index contributed by atoms with van der Waals surface area (Å²) in [6.07, 6.45) is 4.94. The highest BCUT2D eigenvalue weighted by Gasteiger charge is 2.22. The van der Waals surface area contributed by atoms with E-state index in [9.17, 15) is 12.8 Å². The molecule has 0 spiro atoms. The molecule has 0 saturated heterocycles. The summed E-state index contributed by atoms with van der Waals surface area (Å²) in [5, 5.41) is 0.877. The Hall–Kier alpha value is -3.07. The maximum atomic E-state index is 13.6. The molecule has 0 aliphatic carbocycles. The molecule has 0 atom stereocenters. The predicted molar refractivity (Wildman–Crippen MR) is 128 cm³/mol. The Morgan fingerprint density at radius 2 is 1.73 bits per heavy atom. The van der Waals surface area contributed by atoms with E-state index in [1.54, 1.807) is 42.6 Å². The molecule has 2 aromatic carbocycles. The van der Waals surface area contributed by atoms with Gasteiger partial charge in [0.2, 0.25) is 5.95 Å². The van der Waals surface area contributed by atoms with Gasteiger partial charge in [0, 0.05) is 30.9 Å². The number of hydrogen-bond donors (Lipinski definition) is 1. The lowest BCUT2D eigenvalue weighted by Gasteiger charge is -2.22. The van der Waals surface area contributed by atoms with Crippen molar-refractivity contribution < 1.29 is 12.8 Å². The van der Waals surface area contributed by atoms with Gasteiger partial charge < -0.3 is 5.73 Å². The number of nitrogens with zero attached hydrogens (tertiary/aromatic N) is 3. The van der Waals surface area contributed by atoms with Crippen molar-refractivity contribution in [3.63, 3.8) is 0 Å². The van der Waals surface area contributed by atoms with E-state index in [0.29, 0.717) is 25.2 Å². The third-order valence-electron chi connectivity index (χ3n) is 5.58. The van der Waals surface area contributed by atoms with Crippen LogP contribution in [0.4, 0.5) is 4.39 Å². The third-order valence-corrected chi connectivity index (χ3v) is 7.27. The average molecular weight is 467 g/mol. The number of para-hydroxylation sites is 1. The first-order chi connectivity index (χ1) is 16.0. The highest BCUT2D eigenvalue weighted by molar-refractivity contribution is 7.90. The normalized spacial score (nSPS) is 12.0. The summed E-state index contributed by atoms with van der Waals surface area (Å²) < 4.78 is 41.7. The molecule has 172 valence electrons. The molecule has 0 unspecified atom stereocenters. The summed E-state index contributed by atoms with van der Waals surface area (Å²) in [4.78, 5) is 6.06. The molecule has 33 heavy (non-hydrogen) atoms. The van der Waals surface area contributed by atoms with Crippen LogP contribution in [0.2, 0.25) is 0 Å². The number of fused-ring (bicyclic) bond motifs is 1. The Balaban J connectivity index is 1.70. The molecule has 0 aliphatic heterocycles. The number of unbranched alkanes of at least 4 members (excludes halogenated alkanes) is 1. The van der Waals surface area contributed by atoms with Crippen LogP contribution in [0.1, 0.15) is 24.0 Å². The molecule has 2 heterocycles. The van der Waals surface area contributed by atoms with E-state index in [4.69, 9.17) is 5.73 Å². The van der Waals surface area contributed by atoms with Gasteiger partial charge in [-0.3, -0.25) is 4.90 Å². The number of aromatic nitrogens is 2. The van der Waals surface area contributed by atoms with E-state index in [1.165, 1.54) is 16.2 Å². The maximum absolute atomic E-state index is 13.6. The Labute approximate surface area is 193 Å². The Kier molecular flexibility index (Phi) is 7.17. The van der Waals surface area contributed by atoms with Gasteiger partial charge in [0.05, 0.1) is 10.4 Å². The fraction of sp³-hybridized carbons (Fsp3) is 0.240. The molecule has 4 rings (SSSR count). The maximum Gasteiger partial charge on any atom is 0.268 e. The fourth-order valence-electron chi connectivity index (χ4n) is 3.98. The minimum Gasteiger partial charge on any atom is -0.330 e. The summed E-state index contributed by atoms with van der Waals surface area (Å²) in [7, 11) is -3.74. The molecular weight excluding hydrogens is 439 g/mol. The second kappa shape index (κ2) is 10.2. The van der Waals surface area contributed by atoms with Crippen molar-refractivity contribution >= 4 is 20.9 Å². The van der Waals surface area contributed by atoms with E-state index in [2.05, 4.69) is 9.88 Å². The van der Waals surface area contributed by atoms with Crippen molar-refractivity contribution in [1.29, 1.82) is 0 Å². The summed E-state index contributed by atoms with van der Waals surface area (Å²) in [5.74, 6) is -0.514. The number of nitrogens with two attached hydrogens (primary N) is 1. The molecule has 0 aliphatic rings. The number of pyridine rings is 1. The quantitative estimate of drug-likeness (QED) is 0.280. The Morgan fingerprint density at radius 1 is 0.970 bits per heavy atom. The highest BCUT2D eigenvalue weighted by atomic mass is 32.2. The highest BCUT2D eigenvalue weighted by Crippen LogP contribution is 2.27. The van der Waals surface area contributed by atoms with Gasteiger partial charge in [-0.2, -0.15) is 4.39 Å². The Bertz CT molecular complexity index is 1320. The first-order valence-corrected chi connectivity index (χ1v) is 12.4.